The summed E-state index contributed by atoms with van der Waals surface area (Å²) >= 11 is 0. The van der Waals surface area contributed by atoms with E-state index >= 15 is 0 Å². The molecule has 0 spiro atoms. The van der Waals surface area contributed by atoms with E-state index in [0.717, 1.165) is 25.2 Å². The van der Waals surface area contributed by atoms with Crippen molar-refractivity contribution in [2.45, 2.75) is 13.0 Å². The fourth-order valence-electron chi connectivity index (χ4n) is 1.64. The number of hydrogen-bond donors (Lipinski definition) is 0. The lowest BCUT2D eigenvalue weighted by molar-refractivity contribution is 0.0861. The highest BCUT2D eigenvalue weighted by atomic mass is 19.2. The first-order valence-corrected chi connectivity index (χ1v) is 6.17. The molecule has 0 bridgehead atoms. The van der Waals surface area contributed by atoms with E-state index < -0.39 is 11.6 Å². The predicted octanol–water partition coefficient (Wildman–Crippen LogP) is 2.03. The smallest absolute Gasteiger partial charge is 0.179 e. The van der Waals surface area contributed by atoms with E-state index in [9.17, 15) is 13.6 Å². The second-order valence-electron chi connectivity index (χ2n) is 4.95. The first-order chi connectivity index (χ1) is 8.82. The lowest BCUT2D eigenvalue weighted by Gasteiger charge is -2.25. The van der Waals surface area contributed by atoms with E-state index in [-0.39, 0.29) is 17.4 Å². The lowest BCUT2D eigenvalue weighted by atomic mass is 10.0. The Morgan fingerprint density at radius 1 is 1.16 bits per heavy atom. The van der Waals surface area contributed by atoms with Crippen LogP contribution in [0.3, 0.4) is 0 Å². The van der Waals surface area contributed by atoms with Gasteiger partial charge in [-0.05, 0) is 46.3 Å². The first kappa shape index (κ1) is 15.7. The third kappa shape index (κ3) is 4.36. The molecule has 1 aromatic rings. The second kappa shape index (κ2) is 6.73. The number of ketones is 1. The molecule has 0 fully saturated rings. The fraction of sp³-hybridized carbons (Fsp3) is 0.500. The molecule has 0 N–H and O–H groups in total. The maximum absolute atomic E-state index is 13.1. The van der Waals surface area contributed by atoms with Crippen LogP contribution < -0.4 is 0 Å². The molecule has 0 aliphatic carbocycles. The third-order valence-electron chi connectivity index (χ3n) is 3.14. The summed E-state index contributed by atoms with van der Waals surface area (Å²) < 4.78 is 25.9. The number of likely N-dealkylation sites (N-methyl/N-ethyl adjacent to an activating group) is 2. The normalized spacial score (nSPS) is 13.1. The SMILES string of the molecule is CC(C(=O)c1ccc(F)c(F)c1)N(C)CCN(C)C. The van der Waals surface area contributed by atoms with Crippen LogP contribution in [-0.4, -0.2) is 55.9 Å². The molecule has 19 heavy (non-hydrogen) atoms. The Kier molecular flexibility index (Phi) is 5.57. The van der Waals surface area contributed by atoms with Gasteiger partial charge in [0, 0.05) is 18.7 Å². The molecule has 0 radical (unpaired) electrons. The Hall–Kier alpha value is -1.33. The molecule has 0 amide bonds. The second-order valence-corrected chi connectivity index (χ2v) is 4.95. The Balaban J connectivity index is 2.72. The number of nitrogens with zero attached hydrogens (tertiary/aromatic N) is 2. The Bertz CT molecular complexity index is 449. The molecule has 0 saturated carbocycles. The van der Waals surface area contributed by atoms with Crippen LogP contribution in [0.1, 0.15) is 17.3 Å². The van der Waals surface area contributed by atoms with Gasteiger partial charge in [0.25, 0.3) is 0 Å². The van der Waals surface area contributed by atoms with Crippen LogP contribution in [0.15, 0.2) is 18.2 Å². The van der Waals surface area contributed by atoms with Crippen molar-refractivity contribution in [3.8, 4) is 0 Å². The van der Waals surface area contributed by atoms with Crippen molar-refractivity contribution >= 4 is 5.78 Å². The van der Waals surface area contributed by atoms with Crippen molar-refractivity contribution in [3.05, 3.63) is 35.4 Å². The van der Waals surface area contributed by atoms with Crippen molar-refractivity contribution in [3.63, 3.8) is 0 Å². The molecule has 1 atom stereocenters. The zero-order valence-corrected chi connectivity index (χ0v) is 11.8. The number of carbonyl (C=O) groups excluding carboxylic acids is 1. The quantitative estimate of drug-likeness (QED) is 0.739. The minimum absolute atomic E-state index is 0.197. The summed E-state index contributed by atoms with van der Waals surface area (Å²) in [5.41, 5.74) is 0.197. The maximum Gasteiger partial charge on any atom is 0.179 e. The average Bonchev–Trinajstić information content (AvgIpc) is 2.37. The highest BCUT2D eigenvalue weighted by Crippen LogP contribution is 2.12. The highest BCUT2D eigenvalue weighted by Gasteiger charge is 2.20. The lowest BCUT2D eigenvalue weighted by Crippen LogP contribution is -2.39. The van der Waals surface area contributed by atoms with Crippen molar-refractivity contribution in [1.82, 2.24) is 9.80 Å². The molecule has 106 valence electrons. The van der Waals surface area contributed by atoms with Gasteiger partial charge in [-0.25, -0.2) is 8.78 Å². The largest absolute Gasteiger partial charge is 0.308 e. The number of carbonyl (C=O) groups is 1. The molecule has 0 aliphatic rings. The van der Waals surface area contributed by atoms with E-state index in [1.807, 2.05) is 30.9 Å². The highest BCUT2D eigenvalue weighted by molar-refractivity contribution is 5.99. The van der Waals surface area contributed by atoms with E-state index in [1.165, 1.54) is 6.07 Å². The van der Waals surface area contributed by atoms with Gasteiger partial charge in [0.15, 0.2) is 17.4 Å². The Morgan fingerprint density at radius 2 is 1.79 bits per heavy atom. The zero-order chi connectivity index (χ0) is 14.6. The van der Waals surface area contributed by atoms with Crippen LogP contribution in [0.4, 0.5) is 8.78 Å². The van der Waals surface area contributed by atoms with Crippen molar-refractivity contribution < 1.29 is 13.6 Å². The molecular formula is C14H20F2N2O. The van der Waals surface area contributed by atoms with Gasteiger partial charge >= 0.3 is 0 Å². The molecule has 1 unspecified atom stereocenters. The van der Waals surface area contributed by atoms with Gasteiger partial charge in [0.05, 0.1) is 6.04 Å². The number of Topliss-reactive ketones (excluding diaryl/α,β-unsaturated/α-hetero) is 1. The molecule has 0 heterocycles. The summed E-state index contributed by atoms with van der Waals surface area (Å²) in [7, 11) is 5.75. The van der Waals surface area contributed by atoms with Gasteiger partial charge in [-0.1, -0.05) is 0 Å². The maximum atomic E-state index is 13.1. The van der Waals surface area contributed by atoms with Gasteiger partial charge < -0.3 is 4.90 Å². The molecule has 1 aromatic carbocycles. The summed E-state index contributed by atoms with van der Waals surface area (Å²) in [5, 5.41) is 0. The molecule has 5 heteroatoms. The average molecular weight is 270 g/mol. The van der Waals surface area contributed by atoms with Gasteiger partial charge in [0.1, 0.15) is 0 Å². The summed E-state index contributed by atoms with van der Waals surface area (Å²) in [4.78, 5) is 16.1. The predicted molar refractivity (Wildman–Crippen MR) is 71.3 cm³/mol. The number of hydrogen-bond acceptors (Lipinski definition) is 3. The van der Waals surface area contributed by atoms with Gasteiger partial charge in [-0.3, -0.25) is 9.69 Å². The summed E-state index contributed by atoms with van der Waals surface area (Å²) in [5.74, 6) is -2.14. The van der Waals surface area contributed by atoms with Crippen molar-refractivity contribution in [2.75, 3.05) is 34.2 Å². The van der Waals surface area contributed by atoms with Crippen LogP contribution in [0.2, 0.25) is 0 Å². The van der Waals surface area contributed by atoms with Crippen LogP contribution >= 0.6 is 0 Å². The molecular weight excluding hydrogens is 250 g/mol. The number of halogens is 2. The molecule has 1 rings (SSSR count). The monoisotopic (exact) mass is 270 g/mol. The summed E-state index contributed by atoms with van der Waals surface area (Å²) in [6, 6.07) is 2.88. The first-order valence-electron chi connectivity index (χ1n) is 6.17. The van der Waals surface area contributed by atoms with Crippen LogP contribution in [0.5, 0.6) is 0 Å². The van der Waals surface area contributed by atoms with E-state index in [0.29, 0.717) is 0 Å². The molecule has 3 nitrogen and oxygen atoms in total. The van der Waals surface area contributed by atoms with Gasteiger partial charge in [-0.15, -0.1) is 0 Å². The topological polar surface area (TPSA) is 23.6 Å². The fourth-order valence-corrected chi connectivity index (χ4v) is 1.64. The van der Waals surface area contributed by atoms with Crippen molar-refractivity contribution in [2.24, 2.45) is 0 Å². The molecule has 0 aromatic heterocycles. The zero-order valence-electron chi connectivity index (χ0n) is 11.8. The Labute approximate surface area is 112 Å². The van der Waals surface area contributed by atoms with Gasteiger partial charge in [0.2, 0.25) is 0 Å². The Morgan fingerprint density at radius 3 is 2.32 bits per heavy atom. The number of rotatable bonds is 6. The van der Waals surface area contributed by atoms with Gasteiger partial charge in [-0.2, -0.15) is 0 Å². The molecule has 0 aliphatic heterocycles. The minimum Gasteiger partial charge on any atom is -0.308 e. The number of benzene rings is 1. The summed E-state index contributed by atoms with van der Waals surface area (Å²) in [6.45, 7) is 3.31. The van der Waals surface area contributed by atoms with Crippen LogP contribution in [0, 0.1) is 11.6 Å². The summed E-state index contributed by atoms with van der Waals surface area (Å²) in [6.07, 6.45) is 0. The third-order valence-corrected chi connectivity index (χ3v) is 3.14. The van der Waals surface area contributed by atoms with Crippen LogP contribution in [-0.2, 0) is 0 Å². The van der Waals surface area contributed by atoms with Crippen molar-refractivity contribution in [1.29, 1.82) is 0 Å². The van der Waals surface area contributed by atoms with E-state index in [1.54, 1.807) is 6.92 Å². The minimum atomic E-state index is -0.992. The molecule has 0 saturated heterocycles. The van der Waals surface area contributed by atoms with E-state index in [4.69, 9.17) is 0 Å². The standard InChI is InChI=1S/C14H20F2N2O/c1-10(18(4)8-7-17(2)3)14(19)11-5-6-12(15)13(16)9-11/h5-6,9-10H,7-8H2,1-4H3. The van der Waals surface area contributed by atoms with Crippen LogP contribution in [0.25, 0.3) is 0 Å². The van der Waals surface area contributed by atoms with E-state index in [2.05, 4.69) is 0 Å².